The van der Waals surface area contributed by atoms with Crippen molar-refractivity contribution in [2.75, 3.05) is 24.3 Å². The van der Waals surface area contributed by atoms with Crippen LogP contribution in [0.25, 0.3) is 0 Å². The Bertz CT molecular complexity index is 1980. The Kier molecular flexibility index (Phi) is 16.2. The van der Waals surface area contributed by atoms with Crippen molar-refractivity contribution < 1.29 is 37.1 Å². The Morgan fingerprint density at radius 2 is 1.45 bits per heavy atom. The lowest BCUT2D eigenvalue weighted by Gasteiger charge is -2.37. The van der Waals surface area contributed by atoms with Crippen molar-refractivity contribution in [1.29, 1.82) is 0 Å². The van der Waals surface area contributed by atoms with E-state index in [1.807, 2.05) is 36.6 Å². The van der Waals surface area contributed by atoms with Gasteiger partial charge in [0.15, 0.2) is 6.61 Å². The smallest absolute Gasteiger partial charge is 0.328 e. The molecule has 3 aromatic carbocycles. The topological polar surface area (TPSA) is 172 Å². The minimum atomic E-state index is -4.07. The lowest BCUT2D eigenvalue weighted by molar-refractivity contribution is -0.158. The number of nitrogens with one attached hydrogen (secondary N) is 4. The maximum Gasteiger partial charge on any atom is 0.328 e. The zero-order valence-electron chi connectivity index (χ0n) is 34.8. The Hall–Kier alpha value is -4.60. The molecule has 0 bridgehead atoms. The quantitative estimate of drug-likeness (QED) is 0.0814. The lowest BCUT2D eigenvalue weighted by Crippen LogP contribution is -2.53. The molecular formula is C43H59N5O8S2. The number of anilines is 2. The van der Waals surface area contributed by atoms with E-state index >= 15 is 0 Å². The molecule has 3 atom stereocenters. The van der Waals surface area contributed by atoms with Gasteiger partial charge in [-0.05, 0) is 77.5 Å². The zero-order chi connectivity index (χ0) is 42.7. The minimum absolute atomic E-state index is 0.0363. The number of fused-ring (bicyclic) bond motifs is 1. The van der Waals surface area contributed by atoms with Gasteiger partial charge in [-0.15, -0.1) is 11.8 Å². The van der Waals surface area contributed by atoms with E-state index in [2.05, 4.69) is 39.4 Å². The molecule has 1 heterocycles. The van der Waals surface area contributed by atoms with Gasteiger partial charge in [-0.3, -0.25) is 14.4 Å². The number of hydrogen-bond acceptors (Lipinski definition) is 10. The molecule has 0 saturated heterocycles. The second kappa shape index (κ2) is 20.4. The van der Waals surface area contributed by atoms with Crippen LogP contribution in [0.3, 0.4) is 0 Å². The van der Waals surface area contributed by atoms with Gasteiger partial charge in [0, 0.05) is 18.3 Å². The van der Waals surface area contributed by atoms with Crippen LogP contribution in [0, 0.1) is 0 Å². The molecule has 0 aromatic heterocycles. The summed E-state index contributed by atoms with van der Waals surface area (Å²) < 4.78 is 43.3. The number of amides is 3. The predicted octanol–water partition coefficient (Wildman–Crippen LogP) is 6.55. The molecule has 316 valence electrons. The van der Waals surface area contributed by atoms with Crippen LogP contribution in [-0.4, -0.2) is 74.7 Å². The molecule has 1 aliphatic heterocycles. The maximum absolute atomic E-state index is 14.4. The monoisotopic (exact) mass is 837 g/mol. The number of ether oxygens (including phenoxy) is 2. The van der Waals surface area contributed by atoms with Crippen LogP contribution < -0.4 is 30.3 Å². The Labute approximate surface area is 347 Å². The molecule has 0 saturated carbocycles. The molecule has 4 rings (SSSR count). The third kappa shape index (κ3) is 12.5. The van der Waals surface area contributed by atoms with E-state index in [1.165, 1.54) is 31.7 Å². The molecule has 1 aliphatic rings. The number of sulfonamides is 1. The van der Waals surface area contributed by atoms with Crippen LogP contribution in [-0.2, 0) is 33.9 Å². The fourth-order valence-electron chi connectivity index (χ4n) is 6.68. The SMILES string of the molecule is CCCCC1(CCCC)CN(c2ccccc2)c2cc(SC)c(OCC(=O)N[C@@H](C(=O)N[C@@H](C)C(=O)N[C@@H](C)C(=O)OC(C)(C)C)c3ccccc3)cc2S(=O)(=O)N1. The van der Waals surface area contributed by atoms with Crippen molar-refractivity contribution in [1.82, 2.24) is 20.7 Å². The van der Waals surface area contributed by atoms with E-state index < -0.39 is 69.6 Å². The minimum Gasteiger partial charge on any atom is -0.483 e. The van der Waals surface area contributed by atoms with E-state index in [-0.39, 0.29) is 10.6 Å². The molecule has 3 aromatic rings. The predicted molar refractivity (Wildman–Crippen MR) is 228 cm³/mol. The first kappa shape index (κ1) is 46.1. The fraction of sp³-hybridized carbons (Fsp3) is 0.488. The van der Waals surface area contributed by atoms with Crippen LogP contribution in [0.4, 0.5) is 11.4 Å². The molecule has 58 heavy (non-hydrogen) atoms. The van der Waals surface area contributed by atoms with Gasteiger partial charge in [0.25, 0.3) is 5.91 Å². The van der Waals surface area contributed by atoms with Gasteiger partial charge >= 0.3 is 5.97 Å². The summed E-state index contributed by atoms with van der Waals surface area (Å²) in [6, 6.07) is 18.2. The third-order valence-corrected chi connectivity index (χ3v) is 12.0. The Balaban J connectivity index is 1.59. The highest BCUT2D eigenvalue weighted by atomic mass is 32.2. The van der Waals surface area contributed by atoms with Gasteiger partial charge in [-0.1, -0.05) is 88.1 Å². The van der Waals surface area contributed by atoms with Crippen LogP contribution in [0.1, 0.15) is 98.6 Å². The number of unbranched alkanes of at least 4 members (excludes halogenated alkanes) is 2. The van der Waals surface area contributed by atoms with E-state index in [9.17, 15) is 27.6 Å². The Morgan fingerprint density at radius 1 is 0.862 bits per heavy atom. The summed E-state index contributed by atoms with van der Waals surface area (Å²) in [4.78, 5) is 55.3. The lowest BCUT2D eigenvalue weighted by atomic mass is 9.87. The molecule has 4 N–H and O–H groups in total. The summed E-state index contributed by atoms with van der Waals surface area (Å²) in [5.74, 6) is -2.38. The standard InChI is InChI=1S/C43H59N5O8S2/c1-9-11-23-43(24-12-10-2)28-48(32-21-17-14-18-22-32)33-25-35(57-8)34(26-36(33)58(53,54)47-43)55-27-37(49)46-38(31-19-15-13-16-20-31)40(51)44-29(3)39(50)45-30(4)41(52)56-42(5,6)7/h13-22,25-26,29-30,38,47H,9-12,23-24,27-28H2,1-8H3,(H,44,51)(H,45,50)(H,46,49)/t29-,30-,38+/m0/s1. The van der Waals surface area contributed by atoms with E-state index in [0.29, 0.717) is 35.5 Å². The van der Waals surface area contributed by atoms with Crippen LogP contribution >= 0.6 is 11.8 Å². The van der Waals surface area contributed by atoms with E-state index in [1.54, 1.807) is 57.2 Å². The normalized spacial score (nSPS) is 16.1. The molecule has 0 spiro atoms. The van der Waals surface area contributed by atoms with Crippen molar-refractivity contribution in [3.8, 4) is 5.75 Å². The molecule has 0 unspecified atom stereocenters. The number of esters is 1. The number of benzene rings is 3. The summed E-state index contributed by atoms with van der Waals surface area (Å²) in [7, 11) is -4.07. The fourth-order valence-corrected chi connectivity index (χ4v) is 8.89. The molecule has 3 amide bonds. The number of rotatable bonds is 18. The zero-order valence-corrected chi connectivity index (χ0v) is 36.5. The van der Waals surface area contributed by atoms with E-state index in [0.717, 1.165) is 31.4 Å². The summed E-state index contributed by atoms with van der Waals surface area (Å²) >= 11 is 1.36. The summed E-state index contributed by atoms with van der Waals surface area (Å²) in [6.45, 7) is 12.2. The highest BCUT2D eigenvalue weighted by Crippen LogP contribution is 2.44. The van der Waals surface area contributed by atoms with Gasteiger partial charge in [-0.25, -0.2) is 17.9 Å². The maximum atomic E-state index is 14.4. The highest BCUT2D eigenvalue weighted by molar-refractivity contribution is 7.98. The average molecular weight is 838 g/mol. The molecule has 15 heteroatoms. The van der Waals surface area contributed by atoms with Crippen LogP contribution in [0.5, 0.6) is 5.75 Å². The van der Waals surface area contributed by atoms with Crippen LogP contribution in [0.2, 0.25) is 0 Å². The second-order valence-electron chi connectivity index (χ2n) is 15.7. The van der Waals surface area contributed by atoms with Gasteiger partial charge in [-0.2, -0.15) is 0 Å². The largest absolute Gasteiger partial charge is 0.483 e. The van der Waals surface area contributed by atoms with Gasteiger partial charge < -0.3 is 30.3 Å². The molecular weight excluding hydrogens is 779 g/mol. The summed E-state index contributed by atoms with van der Waals surface area (Å²) in [6.07, 6.45) is 6.73. The summed E-state index contributed by atoms with van der Waals surface area (Å²) in [5, 5.41) is 7.89. The highest BCUT2D eigenvalue weighted by Gasteiger charge is 2.42. The van der Waals surface area contributed by atoms with Crippen molar-refractivity contribution in [2.45, 2.75) is 126 Å². The number of carbonyl (C=O) groups is 4. The first-order chi connectivity index (χ1) is 27.4. The number of thioether (sulfide) groups is 1. The first-order valence-electron chi connectivity index (χ1n) is 19.8. The Morgan fingerprint density at radius 3 is 2.02 bits per heavy atom. The van der Waals surface area contributed by atoms with Gasteiger partial charge in [0.05, 0.1) is 16.1 Å². The van der Waals surface area contributed by atoms with Gasteiger partial charge in [0.1, 0.15) is 34.4 Å². The van der Waals surface area contributed by atoms with Crippen LogP contribution in [0.15, 0.2) is 82.6 Å². The molecule has 0 fully saturated rings. The van der Waals surface area contributed by atoms with Crippen molar-refractivity contribution in [3.63, 3.8) is 0 Å². The number of nitrogens with zero attached hydrogens (tertiary/aromatic N) is 1. The molecule has 0 aliphatic carbocycles. The number of carbonyl (C=O) groups excluding carboxylic acids is 4. The number of para-hydroxylation sites is 1. The van der Waals surface area contributed by atoms with Crippen molar-refractivity contribution >= 4 is 56.9 Å². The number of hydrogen-bond donors (Lipinski definition) is 4. The van der Waals surface area contributed by atoms with Crippen molar-refractivity contribution in [2.24, 2.45) is 0 Å². The van der Waals surface area contributed by atoms with Gasteiger partial charge in [0.2, 0.25) is 21.8 Å². The molecule has 13 nitrogen and oxygen atoms in total. The first-order valence-corrected chi connectivity index (χ1v) is 22.5. The molecule has 0 radical (unpaired) electrons. The third-order valence-electron chi connectivity index (χ3n) is 9.65. The average Bonchev–Trinajstić information content (AvgIpc) is 3.28. The van der Waals surface area contributed by atoms with Crippen molar-refractivity contribution in [3.05, 3.63) is 78.4 Å². The van der Waals surface area contributed by atoms with E-state index in [4.69, 9.17) is 9.47 Å². The summed E-state index contributed by atoms with van der Waals surface area (Å²) in [5.41, 5.74) is 0.348. The second-order valence-corrected chi connectivity index (χ2v) is 18.2.